The van der Waals surface area contributed by atoms with Crippen LogP contribution in [-0.2, 0) is 23.8 Å². The fourth-order valence-corrected chi connectivity index (χ4v) is 4.31. The molecule has 0 rings (SSSR count). The van der Waals surface area contributed by atoms with Crippen LogP contribution in [0, 0.1) is 0 Å². The van der Waals surface area contributed by atoms with E-state index < -0.39 is 0 Å². The van der Waals surface area contributed by atoms with Crippen LogP contribution in [0.25, 0.3) is 0 Å². The molecule has 0 saturated heterocycles. The van der Waals surface area contributed by atoms with Crippen molar-refractivity contribution in [3.05, 3.63) is 23.3 Å². The SMILES string of the molecule is CCCCCCCC=C(C=O)C(CCCC)OCOCOC(CCCC)C(C=O)=CCCCCCCC. The van der Waals surface area contributed by atoms with Crippen molar-refractivity contribution in [2.75, 3.05) is 13.6 Å². The molecular formula is C32H58O5. The summed E-state index contributed by atoms with van der Waals surface area (Å²) in [5, 5.41) is 0. The first-order valence-corrected chi connectivity index (χ1v) is 15.3. The molecule has 0 aliphatic carbocycles. The third-order valence-electron chi connectivity index (χ3n) is 6.74. The second kappa shape index (κ2) is 27.7. The molecular weight excluding hydrogens is 464 g/mol. The third kappa shape index (κ3) is 20.4. The molecule has 0 bridgehead atoms. The average molecular weight is 523 g/mol. The Balaban J connectivity index is 4.71. The van der Waals surface area contributed by atoms with Crippen LogP contribution in [-0.4, -0.2) is 38.4 Å². The molecule has 37 heavy (non-hydrogen) atoms. The first-order valence-electron chi connectivity index (χ1n) is 15.3. The van der Waals surface area contributed by atoms with Gasteiger partial charge in [-0.3, -0.25) is 9.59 Å². The first kappa shape index (κ1) is 35.7. The number of allylic oxidation sites excluding steroid dienone is 2. The minimum Gasteiger partial charge on any atom is -0.347 e. The number of hydrogen-bond acceptors (Lipinski definition) is 5. The molecule has 2 unspecified atom stereocenters. The van der Waals surface area contributed by atoms with E-state index in [1.807, 2.05) is 12.2 Å². The molecule has 0 N–H and O–H groups in total. The van der Waals surface area contributed by atoms with Crippen molar-refractivity contribution in [3.63, 3.8) is 0 Å². The van der Waals surface area contributed by atoms with E-state index >= 15 is 0 Å². The van der Waals surface area contributed by atoms with Crippen LogP contribution in [0.5, 0.6) is 0 Å². The summed E-state index contributed by atoms with van der Waals surface area (Å²) in [6.07, 6.45) is 25.1. The van der Waals surface area contributed by atoms with Crippen molar-refractivity contribution < 1.29 is 23.8 Å². The van der Waals surface area contributed by atoms with Crippen LogP contribution in [0.2, 0.25) is 0 Å². The van der Waals surface area contributed by atoms with Crippen molar-refractivity contribution in [3.8, 4) is 0 Å². The van der Waals surface area contributed by atoms with Crippen molar-refractivity contribution in [1.82, 2.24) is 0 Å². The van der Waals surface area contributed by atoms with E-state index in [4.69, 9.17) is 14.2 Å². The monoisotopic (exact) mass is 522 g/mol. The number of aldehydes is 2. The summed E-state index contributed by atoms with van der Waals surface area (Å²) in [4.78, 5) is 23.5. The lowest BCUT2D eigenvalue weighted by atomic mass is 10.0. The molecule has 0 fully saturated rings. The highest BCUT2D eigenvalue weighted by molar-refractivity contribution is 5.75. The predicted octanol–water partition coefficient (Wildman–Crippen LogP) is 9.04. The number of carbonyl (C=O) groups excluding carboxylic acids is 2. The summed E-state index contributed by atoms with van der Waals surface area (Å²) in [6.45, 7) is 8.83. The highest BCUT2D eigenvalue weighted by Gasteiger charge is 2.16. The molecule has 0 radical (unpaired) electrons. The van der Waals surface area contributed by atoms with E-state index in [2.05, 4.69) is 27.7 Å². The third-order valence-corrected chi connectivity index (χ3v) is 6.74. The number of hydrogen-bond donors (Lipinski definition) is 0. The van der Waals surface area contributed by atoms with E-state index in [1.165, 1.54) is 51.4 Å². The molecule has 5 nitrogen and oxygen atoms in total. The van der Waals surface area contributed by atoms with Gasteiger partial charge in [0, 0.05) is 11.1 Å². The van der Waals surface area contributed by atoms with Gasteiger partial charge in [0.05, 0.1) is 12.2 Å². The van der Waals surface area contributed by atoms with Gasteiger partial charge in [0.1, 0.15) is 26.2 Å². The van der Waals surface area contributed by atoms with Gasteiger partial charge in [-0.25, -0.2) is 0 Å². The van der Waals surface area contributed by atoms with Gasteiger partial charge in [-0.05, 0) is 38.5 Å². The van der Waals surface area contributed by atoms with Crippen molar-refractivity contribution in [1.29, 1.82) is 0 Å². The molecule has 0 amide bonds. The molecule has 0 aromatic rings. The van der Waals surface area contributed by atoms with Gasteiger partial charge in [-0.2, -0.15) is 0 Å². The predicted molar refractivity (Wildman–Crippen MR) is 155 cm³/mol. The van der Waals surface area contributed by atoms with Crippen LogP contribution in [0.1, 0.15) is 143 Å². The van der Waals surface area contributed by atoms with Gasteiger partial charge in [-0.15, -0.1) is 0 Å². The lowest BCUT2D eigenvalue weighted by Crippen LogP contribution is -2.22. The molecule has 0 aliphatic heterocycles. The van der Waals surface area contributed by atoms with Gasteiger partial charge in [-0.1, -0.05) is 117 Å². The molecule has 0 saturated carbocycles. The topological polar surface area (TPSA) is 61.8 Å². The van der Waals surface area contributed by atoms with E-state index in [9.17, 15) is 9.59 Å². The average Bonchev–Trinajstić information content (AvgIpc) is 2.92. The summed E-state index contributed by atoms with van der Waals surface area (Å²) in [5.74, 6) is 0. The summed E-state index contributed by atoms with van der Waals surface area (Å²) >= 11 is 0. The highest BCUT2D eigenvalue weighted by atomic mass is 16.7. The Hall–Kier alpha value is -1.30. The first-order chi connectivity index (χ1) is 18.2. The minimum atomic E-state index is -0.248. The molecule has 0 aliphatic rings. The molecule has 5 heteroatoms. The maximum Gasteiger partial charge on any atom is 0.150 e. The second-order valence-electron chi connectivity index (χ2n) is 10.1. The van der Waals surface area contributed by atoms with Gasteiger partial charge >= 0.3 is 0 Å². The van der Waals surface area contributed by atoms with E-state index in [0.717, 1.165) is 87.9 Å². The molecule has 0 aromatic heterocycles. The number of rotatable bonds is 28. The van der Waals surface area contributed by atoms with Crippen LogP contribution < -0.4 is 0 Å². The van der Waals surface area contributed by atoms with Gasteiger partial charge in [0.2, 0.25) is 0 Å². The zero-order valence-electron chi connectivity index (χ0n) is 24.6. The number of unbranched alkanes of at least 4 members (excludes halogenated alkanes) is 12. The van der Waals surface area contributed by atoms with E-state index in [1.54, 1.807) is 0 Å². The van der Waals surface area contributed by atoms with Gasteiger partial charge in [0.15, 0.2) is 0 Å². The highest BCUT2D eigenvalue weighted by Crippen LogP contribution is 2.18. The van der Waals surface area contributed by atoms with Crippen molar-refractivity contribution in [2.45, 2.75) is 155 Å². The zero-order valence-corrected chi connectivity index (χ0v) is 24.6. The van der Waals surface area contributed by atoms with Crippen LogP contribution in [0.15, 0.2) is 23.3 Å². The number of carbonyl (C=O) groups is 2. The largest absolute Gasteiger partial charge is 0.347 e. The van der Waals surface area contributed by atoms with Crippen LogP contribution in [0.3, 0.4) is 0 Å². The summed E-state index contributed by atoms with van der Waals surface area (Å²) in [7, 11) is 0. The van der Waals surface area contributed by atoms with Gasteiger partial charge < -0.3 is 14.2 Å². The van der Waals surface area contributed by atoms with E-state index in [0.29, 0.717) is 0 Å². The minimum absolute atomic E-state index is 0.0636. The summed E-state index contributed by atoms with van der Waals surface area (Å²) in [5.41, 5.74) is 1.44. The Bertz CT molecular complexity index is 534. The standard InChI is InChI=1S/C32H58O5/c1-5-9-13-15-17-19-21-29(25-33)31(23-11-7-3)36-27-35-28-37-32(24-12-8-4)30(26-34)22-20-18-16-14-10-6-2/h21-22,25-26,31-32H,5-20,23-24,27-28H2,1-4H3. The fourth-order valence-electron chi connectivity index (χ4n) is 4.31. The second-order valence-corrected chi connectivity index (χ2v) is 10.1. The normalized spacial score (nSPS) is 14.1. The zero-order chi connectivity index (χ0) is 27.4. The maximum absolute atomic E-state index is 11.8. The Labute approximate surface area is 228 Å². The lowest BCUT2D eigenvalue weighted by molar-refractivity contribution is -0.157. The molecule has 0 heterocycles. The Morgan fingerprint density at radius 1 is 0.541 bits per heavy atom. The molecule has 0 aromatic carbocycles. The molecule has 0 spiro atoms. The lowest BCUT2D eigenvalue weighted by Gasteiger charge is -2.20. The Morgan fingerprint density at radius 2 is 0.919 bits per heavy atom. The summed E-state index contributed by atoms with van der Waals surface area (Å²) in [6, 6.07) is 0. The van der Waals surface area contributed by atoms with Crippen molar-refractivity contribution in [2.24, 2.45) is 0 Å². The Kier molecular flexibility index (Phi) is 26.8. The van der Waals surface area contributed by atoms with Gasteiger partial charge in [0.25, 0.3) is 0 Å². The van der Waals surface area contributed by atoms with Crippen molar-refractivity contribution >= 4 is 12.6 Å². The smallest absolute Gasteiger partial charge is 0.150 e. The van der Waals surface area contributed by atoms with Crippen LogP contribution in [0.4, 0.5) is 0 Å². The summed E-state index contributed by atoms with van der Waals surface area (Å²) < 4.78 is 17.6. The quantitative estimate of drug-likeness (QED) is 0.0444. The number of ether oxygens (including phenoxy) is 3. The molecule has 2 atom stereocenters. The fraction of sp³-hybridized carbons (Fsp3) is 0.812. The molecule has 216 valence electrons. The Morgan fingerprint density at radius 3 is 1.27 bits per heavy atom. The van der Waals surface area contributed by atoms with Crippen LogP contribution >= 0.6 is 0 Å². The van der Waals surface area contributed by atoms with E-state index in [-0.39, 0.29) is 25.8 Å². The maximum atomic E-state index is 11.8.